The molecule has 2 nitrogen and oxygen atoms in total. The number of carbonyl (C=O) groups excluding carboxylic acids is 2. The van der Waals surface area contributed by atoms with Gasteiger partial charge in [-0.25, -0.2) is 9.59 Å². The molecule has 4 aliphatic carbocycles. The number of hydrogen-bond donors (Lipinski definition) is 0. The van der Waals surface area contributed by atoms with Crippen LogP contribution in [0.4, 0.5) is 0 Å². The van der Waals surface area contributed by atoms with Gasteiger partial charge in [0.05, 0.1) is 10.8 Å². The fraction of sp³-hybridized carbons (Fsp3) is 0.571. The first-order valence-electron chi connectivity index (χ1n) is 11.8. The molecular formula is C28H35O2S+. The van der Waals surface area contributed by atoms with Crippen LogP contribution in [0, 0.1) is 33.5 Å². The van der Waals surface area contributed by atoms with Gasteiger partial charge in [0.25, 0.3) is 0 Å². The second-order valence-corrected chi connectivity index (χ2v) is 13.4. The smallest absolute Gasteiger partial charge is 0.236 e. The highest BCUT2D eigenvalue weighted by molar-refractivity contribution is 8.23. The monoisotopic (exact) mass is 435 g/mol. The third kappa shape index (κ3) is 2.42. The van der Waals surface area contributed by atoms with E-state index >= 15 is 0 Å². The van der Waals surface area contributed by atoms with Gasteiger partial charge in [0.15, 0.2) is 15.8 Å². The van der Waals surface area contributed by atoms with Gasteiger partial charge in [-0.15, -0.1) is 0 Å². The number of rotatable bonds is 3. The average Bonchev–Trinajstić information content (AvgIpc) is 3.46. The van der Waals surface area contributed by atoms with E-state index < -0.39 is 21.7 Å². The predicted molar refractivity (Wildman–Crippen MR) is 127 cm³/mol. The van der Waals surface area contributed by atoms with E-state index in [2.05, 4.69) is 40.9 Å². The molecule has 3 heteroatoms. The van der Waals surface area contributed by atoms with Crippen LogP contribution in [-0.2, 0) is 20.5 Å². The molecule has 4 aliphatic rings. The first kappa shape index (κ1) is 21.2. The first-order valence-corrected chi connectivity index (χ1v) is 13.0. The van der Waals surface area contributed by atoms with E-state index in [1.165, 1.54) is 11.1 Å². The summed E-state index contributed by atoms with van der Waals surface area (Å²) >= 11 is 0. The number of hydrogen-bond acceptors (Lipinski definition) is 2. The molecular weight excluding hydrogens is 400 g/mol. The molecule has 0 aliphatic heterocycles. The van der Waals surface area contributed by atoms with E-state index in [4.69, 9.17) is 0 Å². The molecule has 0 N–H and O–H groups in total. The van der Waals surface area contributed by atoms with E-state index in [0.29, 0.717) is 11.8 Å². The van der Waals surface area contributed by atoms with Crippen molar-refractivity contribution in [3.63, 3.8) is 0 Å². The van der Waals surface area contributed by atoms with Gasteiger partial charge in [0, 0.05) is 10.8 Å². The molecule has 1 aromatic rings. The molecule has 0 amide bonds. The average molecular weight is 436 g/mol. The van der Waals surface area contributed by atoms with Gasteiger partial charge in [0.2, 0.25) is 0 Å². The largest absolute Gasteiger partial charge is 0.352 e. The maximum absolute atomic E-state index is 14.6. The predicted octanol–water partition coefficient (Wildman–Crippen LogP) is 6.48. The fourth-order valence-corrected chi connectivity index (χ4v) is 10.3. The van der Waals surface area contributed by atoms with Crippen molar-refractivity contribution in [3.8, 4) is 0 Å². The Hall–Kier alpha value is -1.61. The minimum Gasteiger partial charge on any atom is -0.236 e. The summed E-state index contributed by atoms with van der Waals surface area (Å²) in [6, 6.07) is 9.91. The van der Waals surface area contributed by atoms with E-state index in [1.54, 1.807) is 0 Å². The van der Waals surface area contributed by atoms with Crippen molar-refractivity contribution in [2.45, 2.75) is 71.1 Å². The van der Waals surface area contributed by atoms with Crippen molar-refractivity contribution in [2.75, 3.05) is 0 Å². The third-order valence-corrected chi connectivity index (χ3v) is 12.4. The Morgan fingerprint density at radius 1 is 0.806 bits per heavy atom. The molecule has 4 saturated carbocycles. The van der Waals surface area contributed by atoms with Crippen LogP contribution in [-0.4, -0.2) is 10.2 Å². The summed E-state index contributed by atoms with van der Waals surface area (Å²) in [5.41, 5.74) is 1.00. The Labute approximate surface area is 189 Å². The van der Waals surface area contributed by atoms with Crippen molar-refractivity contribution in [2.24, 2.45) is 33.5 Å². The van der Waals surface area contributed by atoms with Crippen LogP contribution in [0.5, 0.6) is 0 Å². The maximum atomic E-state index is 14.6. The minimum atomic E-state index is -1.07. The van der Waals surface area contributed by atoms with Crippen LogP contribution >= 0.6 is 0 Å². The summed E-state index contributed by atoms with van der Waals surface area (Å²) in [5, 5.41) is 0.363. The topological polar surface area (TPSA) is 34.1 Å². The lowest BCUT2D eigenvalue weighted by atomic mass is 9.63. The second kappa shape index (κ2) is 6.47. The Balaban J connectivity index is 1.63. The van der Waals surface area contributed by atoms with E-state index in [0.717, 1.165) is 43.4 Å². The highest BCUT2D eigenvalue weighted by Gasteiger charge is 2.73. The number of benzene rings is 1. The molecule has 0 spiro atoms. The van der Waals surface area contributed by atoms with Crippen LogP contribution in [0.1, 0.15) is 66.2 Å². The van der Waals surface area contributed by atoms with Gasteiger partial charge >= 0.3 is 10.2 Å². The van der Waals surface area contributed by atoms with Crippen molar-refractivity contribution < 1.29 is 9.59 Å². The number of carbonyl (C=O) groups is 2. The minimum absolute atomic E-state index is 0.181. The highest BCUT2D eigenvalue weighted by Crippen LogP contribution is 2.70. The molecule has 0 radical (unpaired) electrons. The molecule has 4 bridgehead atoms. The summed E-state index contributed by atoms with van der Waals surface area (Å²) in [5.74, 6) is 0.846. The zero-order valence-electron chi connectivity index (χ0n) is 19.4. The summed E-state index contributed by atoms with van der Waals surface area (Å²) in [7, 11) is -1.07. The maximum Gasteiger partial charge on any atom is 0.352 e. The van der Waals surface area contributed by atoms with E-state index in [1.807, 2.05) is 30.3 Å². The Morgan fingerprint density at radius 2 is 1.23 bits per heavy atom. The highest BCUT2D eigenvalue weighted by atomic mass is 32.2. The van der Waals surface area contributed by atoms with Crippen LogP contribution < -0.4 is 0 Å². The lowest BCUT2D eigenvalue weighted by molar-refractivity contribution is -0.127. The third-order valence-electron chi connectivity index (χ3n) is 10.1. The molecule has 0 heterocycles. The lowest BCUT2D eigenvalue weighted by Gasteiger charge is -2.42. The van der Waals surface area contributed by atoms with Gasteiger partial charge in [0.1, 0.15) is 0 Å². The first-order chi connectivity index (χ1) is 14.5. The van der Waals surface area contributed by atoms with Gasteiger partial charge < -0.3 is 0 Å². The summed E-state index contributed by atoms with van der Waals surface area (Å²) < 4.78 is 0. The zero-order chi connectivity index (χ0) is 22.4. The summed E-state index contributed by atoms with van der Waals surface area (Å²) in [4.78, 5) is 30.1. The fourth-order valence-electron chi connectivity index (χ4n) is 7.58. The zero-order valence-corrected chi connectivity index (χ0v) is 20.2. The van der Waals surface area contributed by atoms with Crippen molar-refractivity contribution >= 4 is 21.1 Å². The van der Waals surface area contributed by atoms with Crippen LogP contribution in [0.25, 0.3) is 0 Å². The molecule has 31 heavy (non-hydrogen) atoms. The Bertz CT molecular complexity index is 941. The van der Waals surface area contributed by atoms with Crippen LogP contribution in [0.15, 0.2) is 59.5 Å². The standard InChI is InChI=1S/C28H35O2S/c1-18-20-12-14-27(16-20,25(18,3)4)23(29)31(22-10-8-7-9-11-22)24(30)28-15-13-21(17-28)19(2)26(28,5)6/h7-11,20-21H,1-2,12-17H2,3-6H3/q+1. The SMILES string of the molecule is C=C1C2CCC(C(=O)[S+](C(=O)C34CCC(C3)C(=C)C4(C)C)c3ccccc3)(C2)C1(C)C. The van der Waals surface area contributed by atoms with Crippen LogP contribution in [0.3, 0.4) is 0 Å². The molecule has 4 atom stereocenters. The van der Waals surface area contributed by atoms with Gasteiger partial charge in [-0.1, -0.05) is 70.2 Å². The van der Waals surface area contributed by atoms with Crippen molar-refractivity contribution in [1.82, 2.24) is 0 Å². The molecule has 0 aromatic heterocycles. The Kier molecular flexibility index (Phi) is 4.43. The number of fused-ring (bicyclic) bond motifs is 4. The van der Waals surface area contributed by atoms with Gasteiger partial charge in [-0.2, -0.15) is 0 Å². The van der Waals surface area contributed by atoms with Gasteiger partial charge in [-0.05, 0) is 62.5 Å². The normalized spacial score (nSPS) is 37.9. The number of allylic oxidation sites excluding steroid dienone is 2. The van der Waals surface area contributed by atoms with Crippen molar-refractivity contribution in [1.29, 1.82) is 0 Å². The second-order valence-electron chi connectivity index (χ2n) is 11.5. The quantitative estimate of drug-likeness (QED) is 0.402. The summed E-state index contributed by atoms with van der Waals surface area (Å²) in [6.07, 6.45) is 5.57. The molecule has 164 valence electrons. The van der Waals surface area contributed by atoms with Crippen molar-refractivity contribution in [3.05, 3.63) is 54.6 Å². The summed E-state index contributed by atoms with van der Waals surface area (Å²) in [6.45, 7) is 17.5. The van der Waals surface area contributed by atoms with Crippen LogP contribution in [0.2, 0.25) is 0 Å². The Morgan fingerprint density at radius 3 is 1.58 bits per heavy atom. The lowest BCUT2D eigenvalue weighted by Crippen LogP contribution is -2.51. The molecule has 5 rings (SSSR count). The molecule has 0 saturated heterocycles. The van der Waals surface area contributed by atoms with Gasteiger partial charge in [-0.3, -0.25) is 0 Å². The molecule has 4 unspecified atom stereocenters. The molecule has 1 aromatic carbocycles. The van der Waals surface area contributed by atoms with E-state index in [9.17, 15) is 9.59 Å². The van der Waals surface area contributed by atoms with E-state index in [-0.39, 0.29) is 21.1 Å². The molecule has 4 fully saturated rings.